The van der Waals surface area contributed by atoms with Crippen LogP contribution in [0, 0.1) is 11.7 Å². The zero-order valence-corrected chi connectivity index (χ0v) is 19.9. The molecule has 0 radical (unpaired) electrons. The Balaban J connectivity index is 1.54. The van der Waals surface area contributed by atoms with E-state index in [2.05, 4.69) is 24.9 Å². The fourth-order valence-electron chi connectivity index (χ4n) is 4.70. The van der Waals surface area contributed by atoms with Gasteiger partial charge in [0.2, 0.25) is 5.88 Å². The minimum atomic E-state index is -3.67. The maximum Gasteiger partial charge on any atom is 0.232 e. The highest BCUT2D eigenvalue weighted by atomic mass is 32.2. The van der Waals surface area contributed by atoms with Crippen LogP contribution in [0.3, 0.4) is 0 Å². The molecule has 3 aromatic heterocycles. The van der Waals surface area contributed by atoms with Gasteiger partial charge in [-0.05, 0) is 44.7 Å². The number of rotatable bonds is 5. The van der Waals surface area contributed by atoms with E-state index in [0.29, 0.717) is 28.3 Å². The Morgan fingerprint density at radius 3 is 2.65 bits per heavy atom. The van der Waals surface area contributed by atoms with E-state index in [1.807, 2.05) is 0 Å². The van der Waals surface area contributed by atoms with Gasteiger partial charge in [-0.3, -0.25) is 15.0 Å². The first-order chi connectivity index (χ1) is 16.1. The van der Waals surface area contributed by atoms with Crippen LogP contribution in [-0.2, 0) is 21.8 Å². The summed E-state index contributed by atoms with van der Waals surface area (Å²) in [4.78, 5) is 21.9. The lowest BCUT2D eigenvalue weighted by molar-refractivity contribution is 0.397. The summed E-state index contributed by atoms with van der Waals surface area (Å²) in [6.45, 7) is 3.23. The lowest BCUT2D eigenvalue weighted by Crippen LogP contribution is -2.58. The van der Waals surface area contributed by atoms with Crippen molar-refractivity contribution in [3.8, 4) is 5.88 Å². The fraction of sp³-hybridized carbons (Fsp3) is 0.435. The van der Waals surface area contributed by atoms with Crippen LogP contribution in [0.5, 0.6) is 5.88 Å². The first-order valence-electron chi connectivity index (χ1n) is 10.9. The Kier molecular flexibility index (Phi) is 5.08. The van der Waals surface area contributed by atoms with E-state index in [9.17, 15) is 12.8 Å². The Morgan fingerprint density at radius 1 is 1.21 bits per heavy atom. The average Bonchev–Trinajstić information content (AvgIpc) is 3.64. The second-order valence-electron chi connectivity index (χ2n) is 9.28. The van der Waals surface area contributed by atoms with Gasteiger partial charge in [-0.1, -0.05) is 0 Å². The van der Waals surface area contributed by atoms with Gasteiger partial charge in [0.25, 0.3) is 0 Å². The highest BCUT2D eigenvalue weighted by Crippen LogP contribution is 2.49. The number of amidine groups is 1. The lowest BCUT2D eigenvalue weighted by atomic mass is 9.92. The van der Waals surface area contributed by atoms with E-state index < -0.39 is 25.9 Å². The number of aliphatic imine (C=N–C) groups is 1. The Hall–Kier alpha value is -3.21. The predicted molar refractivity (Wildman–Crippen MR) is 125 cm³/mol. The molecular formula is C23H25FN6O3S. The molecule has 5 rings (SSSR count). The maximum absolute atomic E-state index is 15.0. The summed E-state index contributed by atoms with van der Waals surface area (Å²) in [5.74, 6) is -0.580. The van der Waals surface area contributed by atoms with Gasteiger partial charge >= 0.3 is 0 Å². The standard InChI is InChI=1S/C23H25FN6O3S/c1-22(12-34(31,32)23(2,13-4-5-13)21(25)30-22)15-8-14(27-10-16(15)24)9-18-20-17(6-7-26-18)29-19(33-3)11-28-20/h6-8,10-11,13H,4-5,9,12H2,1-3H3,(H2,25,30)/t22-,23-/m0/s1. The summed E-state index contributed by atoms with van der Waals surface area (Å²) < 4.78 is 45.6. The molecule has 11 heteroatoms. The zero-order chi connectivity index (χ0) is 24.3. The van der Waals surface area contributed by atoms with Crippen molar-refractivity contribution in [2.24, 2.45) is 16.6 Å². The van der Waals surface area contributed by atoms with Crippen LogP contribution in [0.1, 0.15) is 43.6 Å². The average molecular weight is 485 g/mol. The van der Waals surface area contributed by atoms with Crippen molar-refractivity contribution in [1.29, 1.82) is 0 Å². The van der Waals surface area contributed by atoms with E-state index in [4.69, 9.17) is 10.5 Å². The van der Waals surface area contributed by atoms with Crippen LogP contribution in [0.25, 0.3) is 11.0 Å². The monoisotopic (exact) mass is 484 g/mol. The molecule has 0 amide bonds. The Bertz CT molecular complexity index is 1440. The van der Waals surface area contributed by atoms with E-state index in [-0.39, 0.29) is 29.5 Å². The first-order valence-corrected chi connectivity index (χ1v) is 12.6. The molecule has 9 nitrogen and oxygen atoms in total. The largest absolute Gasteiger partial charge is 0.480 e. The molecule has 3 aromatic rings. The maximum atomic E-state index is 15.0. The molecular weight excluding hydrogens is 459 g/mol. The Labute approximate surface area is 196 Å². The molecule has 2 atom stereocenters. The third-order valence-electron chi connectivity index (χ3n) is 6.91. The minimum absolute atomic E-state index is 0.0409. The summed E-state index contributed by atoms with van der Waals surface area (Å²) in [6.07, 6.45) is 6.02. The van der Waals surface area contributed by atoms with Crippen molar-refractivity contribution in [2.45, 2.75) is 43.4 Å². The van der Waals surface area contributed by atoms with Crippen molar-refractivity contribution in [1.82, 2.24) is 19.9 Å². The SMILES string of the molecule is COc1cnc2c(Cc3cc([C@]4(C)CS(=O)(=O)[C@@](C)(C5CC5)C(N)=N4)c(F)cn3)nccc2n1. The second-order valence-corrected chi connectivity index (χ2v) is 11.6. The number of hydrogen-bond donors (Lipinski definition) is 1. The number of methoxy groups -OCH3 is 1. The third kappa shape index (κ3) is 3.49. The van der Waals surface area contributed by atoms with Crippen LogP contribution < -0.4 is 10.5 Å². The molecule has 178 valence electrons. The molecule has 0 aromatic carbocycles. The fourth-order valence-corrected chi connectivity index (χ4v) is 7.07. The number of halogens is 1. The first kappa shape index (κ1) is 22.6. The van der Waals surface area contributed by atoms with E-state index in [1.165, 1.54) is 13.3 Å². The highest BCUT2D eigenvalue weighted by Gasteiger charge is 2.58. The molecule has 0 bridgehead atoms. The van der Waals surface area contributed by atoms with Gasteiger partial charge in [0.05, 0.1) is 36.5 Å². The van der Waals surface area contributed by atoms with Crippen molar-refractivity contribution in [2.75, 3.05) is 12.9 Å². The van der Waals surface area contributed by atoms with Crippen LogP contribution in [0.4, 0.5) is 4.39 Å². The number of nitrogens with two attached hydrogens (primary N) is 1. The van der Waals surface area contributed by atoms with Crippen LogP contribution in [-0.4, -0.2) is 51.8 Å². The van der Waals surface area contributed by atoms with Crippen LogP contribution >= 0.6 is 0 Å². The molecule has 1 saturated carbocycles. The number of nitrogens with zero attached hydrogens (tertiary/aromatic N) is 5. The van der Waals surface area contributed by atoms with Gasteiger partial charge in [0.15, 0.2) is 9.84 Å². The van der Waals surface area contributed by atoms with Crippen LogP contribution in [0.15, 0.2) is 35.7 Å². The van der Waals surface area contributed by atoms with E-state index in [1.54, 1.807) is 32.2 Å². The van der Waals surface area contributed by atoms with Gasteiger partial charge in [0, 0.05) is 23.9 Å². The van der Waals surface area contributed by atoms with Gasteiger partial charge in [0.1, 0.15) is 27.5 Å². The molecule has 4 heterocycles. The number of sulfone groups is 1. The second kappa shape index (κ2) is 7.66. The number of hydrogen-bond acceptors (Lipinski definition) is 9. The molecule has 1 aliphatic heterocycles. The number of ether oxygens (including phenoxy) is 1. The zero-order valence-electron chi connectivity index (χ0n) is 19.1. The third-order valence-corrected chi connectivity index (χ3v) is 9.69. The molecule has 2 aliphatic rings. The van der Waals surface area contributed by atoms with Gasteiger partial charge < -0.3 is 10.5 Å². The normalized spacial score (nSPS) is 26.3. The molecule has 1 aliphatic carbocycles. The smallest absolute Gasteiger partial charge is 0.232 e. The van der Waals surface area contributed by atoms with Crippen molar-refractivity contribution < 1.29 is 17.5 Å². The minimum Gasteiger partial charge on any atom is -0.480 e. The van der Waals surface area contributed by atoms with Gasteiger partial charge in [-0.15, -0.1) is 0 Å². The quantitative estimate of drug-likeness (QED) is 0.583. The van der Waals surface area contributed by atoms with E-state index >= 15 is 0 Å². The summed E-state index contributed by atoms with van der Waals surface area (Å²) in [7, 11) is -2.16. The van der Waals surface area contributed by atoms with Gasteiger partial charge in [-0.2, -0.15) is 0 Å². The summed E-state index contributed by atoms with van der Waals surface area (Å²) in [5, 5.41) is 0. The van der Waals surface area contributed by atoms with Crippen molar-refractivity contribution in [3.63, 3.8) is 0 Å². The number of aromatic nitrogens is 4. The van der Waals surface area contributed by atoms with Gasteiger partial charge in [-0.25, -0.2) is 22.8 Å². The van der Waals surface area contributed by atoms with Crippen molar-refractivity contribution >= 4 is 26.7 Å². The molecule has 2 N–H and O–H groups in total. The topological polar surface area (TPSA) is 133 Å². The molecule has 0 saturated heterocycles. The van der Waals surface area contributed by atoms with E-state index in [0.717, 1.165) is 19.0 Å². The highest BCUT2D eigenvalue weighted by molar-refractivity contribution is 7.93. The van der Waals surface area contributed by atoms with Crippen molar-refractivity contribution in [3.05, 3.63) is 53.5 Å². The molecule has 0 unspecified atom stereocenters. The number of pyridine rings is 2. The Morgan fingerprint density at radius 2 is 1.97 bits per heavy atom. The predicted octanol–water partition coefficient (Wildman–Crippen LogP) is 2.33. The molecule has 0 spiro atoms. The number of fused-ring (bicyclic) bond motifs is 1. The van der Waals surface area contributed by atoms with Crippen LogP contribution in [0.2, 0.25) is 0 Å². The molecule has 34 heavy (non-hydrogen) atoms. The summed E-state index contributed by atoms with van der Waals surface area (Å²) in [6, 6.07) is 3.26. The summed E-state index contributed by atoms with van der Waals surface area (Å²) in [5.41, 5.74) is 7.29. The summed E-state index contributed by atoms with van der Waals surface area (Å²) >= 11 is 0. The molecule has 1 fully saturated rings. The lowest BCUT2D eigenvalue weighted by Gasteiger charge is -2.40.